The van der Waals surface area contributed by atoms with Crippen LogP contribution in [0.25, 0.3) is 151 Å². The summed E-state index contributed by atoms with van der Waals surface area (Å²) in [5.41, 5.74) is 2.45. The minimum atomic E-state index is 0. The number of halogens is 1. The summed E-state index contributed by atoms with van der Waals surface area (Å²) in [4.78, 5) is 0. The van der Waals surface area contributed by atoms with E-state index < -0.39 is 0 Å². The standard InChI is InChI=1S/C68H39N.BrH/c1-3-9-41-17-47-23-53-29-59-33-61-35-63-37-65-43(19-49(63)25-55(61)31-57(59)27-51(53)21-45(47)15-39(41)7-1)11-5-13-67(65)69-68-14-6-12-44-20-50-26-56-32-58-28-52-22-46-16-40-8-2-4-10-42(40)18-48(46)24-54(52)30-60(58)34-62(56)36-64(50)38-66(44)68;/h1-38,69H;1H. The Morgan fingerprint density at radius 1 is 0.157 bits per heavy atom. The first-order valence-electron chi connectivity index (χ1n) is 24.1. The van der Waals surface area contributed by atoms with E-state index in [0.717, 1.165) is 0 Å². The molecule has 16 aromatic carbocycles. The van der Waals surface area contributed by atoms with Crippen LogP contribution < -0.4 is 22.3 Å². The summed E-state index contributed by atoms with van der Waals surface area (Å²) in [6.07, 6.45) is 0. The average molecular weight is 951 g/mol. The summed E-state index contributed by atoms with van der Waals surface area (Å²) in [5, 5.41) is 37.9. The van der Waals surface area contributed by atoms with Crippen LogP contribution in [0, 0.1) is 0 Å². The molecular formula is C68H40BrN. The fraction of sp³-hybridized carbons (Fsp3) is 0. The van der Waals surface area contributed by atoms with E-state index in [4.69, 9.17) is 0 Å². The number of rotatable bonds is 2. The smallest absolute Gasteiger partial charge is 0.142 e. The van der Waals surface area contributed by atoms with Crippen molar-refractivity contribution in [1.29, 1.82) is 0 Å². The van der Waals surface area contributed by atoms with Crippen molar-refractivity contribution in [3.63, 3.8) is 0 Å². The van der Waals surface area contributed by atoms with Gasteiger partial charge in [0, 0.05) is 22.9 Å². The van der Waals surface area contributed by atoms with E-state index in [0.29, 0.717) is 0 Å². The molecule has 0 amide bonds. The molecule has 0 atom stereocenters. The molecule has 0 saturated heterocycles. The second-order valence-electron chi connectivity index (χ2n) is 19.7. The highest BCUT2D eigenvalue weighted by Gasteiger charge is 2.14. The van der Waals surface area contributed by atoms with Crippen molar-refractivity contribution in [3.8, 4) is 0 Å². The Balaban J connectivity index is 0.00000441. The van der Waals surface area contributed by atoms with E-state index in [1.165, 1.54) is 162 Å². The van der Waals surface area contributed by atoms with Crippen molar-refractivity contribution in [3.05, 3.63) is 231 Å². The van der Waals surface area contributed by atoms with E-state index in [1.807, 2.05) is 0 Å². The van der Waals surface area contributed by atoms with Crippen LogP contribution in [0.4, 0.5) is 11.4 Å². The molecule has 0 aliphatic rings. The van der Waals surface area contributed by atoms with Crippen LogP contribution in [0.2, 0.25) is 0 Å². The lowest BCUT2D eigenvalue weighted by Gasteiger charge is -2.12. The Morgan fingerprint density at radius 2 is 0.329 bits per heavy atom. The largest absolute Gasteiger partial charge is 1.00 e. The van der Waals surface area contributed by atoms with Gasteiger partial charge in [0.2, 0.25) is 0 Å². The van der Waals surface area contributed by atoms with Gasteiger partial charge in [0.05, 0.1) is 0 Å². The van der Waals surface area contributed by atoms with Gasteiger partial charge in [0.25, 0.3) is 0 Å². The Morgan fingerprint density at radius 3 is 0.557 bits per heavy atom. The van der Waals surface area contributed by atoms with Gasteiger partial charge in [-0.1, -0.05) is 72.8 Å². The van der Waals surface area contributed by atoms with Crippen molar-refractivity contribution in [2.45, 2.75) is 0 Å². The van der Waals surface area contributed by atoms with Gasteiger partial charge in [-0.15, -0.1) is 0 Å². The van der Waals surface area contributed by atoms with Crippen molar-refractivity contribution in [2.75, 3.05) is 0 Å². The molecule has 2 N–H and O–H groups in total. The zero-order chi connectivity index (χ0) is 44.9. The van der Waals surface area contributed by atoms with E-state index in [9.17, 15) is 0 Å². The first kappa shape index (κ1) is 39.6. The molecule has 0 aliphatic heterocycles. The number of nitrogens with two attached hydrogens (primary N) is 1. The number of quaternary nitrogens is 1. The molecule has 2 heteroatoms. The SMILES string of the molecule is [Br-].c1ccc2cc3cc4cc5cc6cc7cc8c([NH2+]c9cccc%10cc%11cc%12cc%13cc%14cc%15cc%16ccccc%16cc%15cc%14cc%13cc%12cc%11cc9%10)cccc8cc7cc6cc5cc4cc3cc2c1. The molecule has 1 nitrogen and oxygen atoms in total. The third-order valence-electron chi connectivity index (χ3n) is 15.4. The van der Waals surface area contributed by atoms with Gasteiger partial charge < -0.3 is 17.0 Å². The topological polar surface area (TPSA) is 16.6 Å². The number of hydrogen-bond acceptors (Lipinski definition) is 0. The molecule has 0 radical (unpaired) electrons. The fourth-order valence-electron chi connectivity index (χ4n) is 11.9. The van der Waals surface area contributed by atoms with Gasteiger partial charge in [-0.25, -0.2) is 0 Å². The van der Waals surface area contributed by atoms with Gasteiger partial charge in [-0.2, -0.15) is 0 Å². The number of hydrogen-bond donors (Lipinski definition) is 1. The van der Waals surface area contributed by atoms with Crippen LogP contribution in [-0.4, -0.2) is 0 Å². The van der Waals surface area contributed by atoms with Gasteiger partial charge in [0.1, 0.15) is 11.4 Å². The Bertz CT molecular complexity index is 4680. The van der Waals surface area contributed by atoms with Crippen molar-refractivity contribution < 1.29 is 22.3 Å². The molecule has 16 aromatic rings. The van der Waals surface area contributed by atoms with Crippen LogP contribution in [0.5, 0.6) is 0 Å². The Kier molecular flexibility index (Phi) is 8.37. The second kappa shape index (κ2) is 14.8. The van der Waals surface area contributed by atoms with E-state index in [1.54, 1.807) is 0 Å². The van der Waals surface area contributed by atoms with Gasteiger partial charge in [-0.3, -0.25) is 5.32 Å². The summed E-state index contributed by atoms with van der Waals surface area (Å²) >= 11 is 0. The minimum Gasteiger partial charge on any atom is -1.00 e. The summed E-state index contributed by atoms with van der Waals surface area (Å²) in [7, 11) is 0. The van der Waals surface area contributed by atoms with Crippen LogP contribution >= 0.6 is 0 Å². The van der Waals surface area contributed by atoms with Gasteiger partial charge in [0.15, 0.2) is 0 Å². The molecule has 70 heavy (non-hydrogen) atoms. The minimum absolute atomic E-state index is 0. The zero-order valence-electron chi connectivity index (χ0n) is 37.9. The Labute approximate surface area is 412 Å². The lowest BCUT2D eigenvalue weighted by Crippen LogP contribution is -3.00. The third kappa shape index (κ3) is 6.21. The molecule has 0 unspecified atom stereocenters. The zero-order valence-corrected chi connectivity index (χ0v) is 39.5. The molecule has 0 fully saturated rings. The monoisotopic (exact) mass is 949 g/mol. The number of fused-ring (bicyclic) bond motifs is 14. The second-order valence-corrected chi connectivity index (χ2v) is 19.7. The molecule has 0 aromatic heterocycles. The molecule has 0 bridgehead atoms. The summed E-state index contributed by atoms with van der Waals surface area (Å²) in [6, 6.07) is 87.6. The first-order chi connectivity index (χ1) is 34.0. The fourth-order valence-corrected chi connectivity index (χ4v) is 11.9. The van der Waals surface area contributed by atoms with Gasteiger partial charge in [-0.05, 0) is 286 Å². The van der Waals surface area contributed by atoms with E-state index in [-0.39, 0.29) is 17.0 Å². The highest BCUT2D eigenvalue weighted by atomic mass is 79.9. The molecule has 16 rings (SSSR count). The van der Waals surface area contributed by atoms with Gasteiger partial charge >= 0.3 is 0 Å². The maximum atomic E-state index is 2.40. The average Bonchev–Trinajstić information content (AvgIpc) is 3.36. The van der Waals surface area contributed by atoms with Crippen LogP contribution in [-0.2, 0) is 0 Å². The summed E-state index contributed by atoms with van der Waals surface area (Å²) < 4.78 is 0. The summed E-state index contributed by atoms with van der Waals surface area (Å²) in [6.45, 7) is 0. The maximum Gasteiger partial charge on any atom is 0.142 e. The maximum absolute atomic E-state index is 2.40. The molecule has 0 spiro atoms. The van der Waals surface area contributed by atoms with Crippen molar-refractivity contribution in [2.24, 2.45) is 0 Å². The van der Waals surface area contributed by atoms with Crippen molar-refractivity contribution in [1.82, 2.24) is 0 Å². The first-order valence-corrected chi connectivity index (χ1v) is 24.1. The molecule has 0 saturated carbocycles. The van der Waals surface area contributed by atoms with Crippen LogP contribution in [0.15, 0.2) is 231 Å². The molecule has 324 valence electrons. The van der Waals surface area contributed by atoms with Crippen molar-refractivity contribution >= 4 is 162 Å². The molecule has 0 aliphatic carbocycles. The van der Waals surface area contributed by atoms with E-state index >= 15 is 0 Å². The third-order valence-corrected chi connectivity index (χ3v) is 15.4. The van der Waals surface area contributed by atoms with E-state index in [2.05, 4.69) is 236 Å². The quantitative estimate of drug-likeness (QED) is 0.131. The van der Waals surface area contributed by atoms with Crippen LogP contribution in [0.3, 0.4) is 0 Å². The molecular weight excluding hydrogens is 911 g/mol. The number of benzene rings is 16. The van der Waals surface area contributed by atoms with Crippen LogP contribution in [0.1, 0.15) is 0 Å². The summed E-state index contributed by atoms with van der Waals surface area (Å²) in [5.74, 6) is 0. The normalized spacial score (nSPS) is 12.2. The molecule has 0 heterocycles. The predicted molar refractivity (Wildman–Crippen MR) is 299 cm³/mol. The highest BCUT2D eigenvalue weighted by Crippen LogP contribution is 2.38. The highest BCUT2D eigenvalue weighted by molar-refractivity contribution is 6.16. The Hall–Kier alpha value is -8.40. The lowest BCUT2D eigenvalue weighted by molar-refractivity contribution is -0.475. The predicted octanol–water partition coefficient (Wildman–Crippen LogP) is 15.4. The lowest BCUT2D eigenvalue weighted by atomic mass is 9.94.